The molecule has 10 heteroatoms. The Labute approximate surface area is 255 Å². The average Bonchev–Trinajstić information content (AvgIpc) is 3.36. The van der Waals surface area contributed by atoms with Crippen LogP contribution < -0.4 is 24.7 Å². The summed E-state index contributed by atoms with van der Waals surface area (Å²) in [7, 11) is 1.51. The lowest BCUT2D eigenvalue weighted by atomic mass is 9.83. The summed E-state index contributed by atoms with van der Waals surface area (Å²) in [6, 6.07) is 25.9. The van der Waals surface area contributed by atoms with Gasteiger partial charge in [0.05, 0.1) is 18.1 Å². The molecule has 0 amide bonds. The zero-order valence-corrected chi connectivity index (χ0v) is 24.2. The molecule has 0 saturated carbocycles. The first-order valence-corrected chi connectivity index (χ1v) is 14.2. The highest BCUT2D eigenvalue weighted by atomic mass is 35.5. The number of fused-ring (bicyclic) bond motifs is 2. The van der Waals surface area contributed by atoms with Crippen LogP contribution in [0.3, 0.4) is 0 Å². The number of rotatable bonds is 7. The third-order valence-corrected chi connectivity index (χ3v) is 8.61. The fraction of sp³-hybridized carbons (Fsp3) is 0.0909. The van der Waals surface area contributed by atoms with Crippen LogP contribution >= 0.6 is 22.9 Å². The van der Waals surface area contributed by atoms with Crippen molar-refractivity contribution in [1.29, 1.82) is 5.26 Å². The van der Waals surface area contributed by atoms with Crippen LogP contribution in [0.5, 0.6) is 23.0 Å². The minimum absolute atomic E-state index is 0.0633. The van der Waals surface area contributed by atoms with Crippen molar-refractivity contribution in [2.24, 2.45) is 5.73 Å². The minimum atomic E-state index is -0.597. The van der Waals surface area contributed by atoms with E-state index in [4.69, 9.17) is 36.3 Å². The van der Waals surface area contributed by atoms with Crippen molar-refractivity contribution >= 4 is 39.0 Å². The van der Waals surface area contributed by atoms with Gasteiger partial charge in [-0.3, -0.25) is 0 Å². The van der Waals surface area contributed by atoms with Gasteiger partial charge in [0, 0.05) is 21.7 Å². The molecule has 0 saturated heterocycles. The Hall–Kier alpha value is -5.04. The van der Waals surface area contributed by atoms with Gasteiger partial charge in [0.15, 0.2) is 11.5 Å². The third kappa shape index (κ3) is 5.46. The van der Waals surface area contributed by atoms with Crippen molar-refractivity contribution in [1.82, 2.24) is 0 Å². The van der Waals surface area contributed by atoms with Crippen molar-refractivity contribution in [3.63, 3.8) is 0 Å². The molecular weight excluding hydrogens is 591 g/mol. The van der Waals surface area contributed by atoms with Crippen molar-refractivity contribution in [3.8, 4) is 29.1 Å². The van der Waals surface area contributed by atoms with Crippen LogP contribution in [0.1, 0.15) is 32.3 Å². The van der Waals surface area contributed by atoms with E-state index >= 15 is 0 Å². The maximum atomic E-state index is 13.3. The van der Waals surface area contributed by atoms with Crippen LogP contribution in [-0.2, 0) is 6.61 Å². The zero-order chi connectivity index (χ0) is 30.1. The molecule has 1 unspecified atom stereocenters. The monoisotopic (exact) mass is 612 g/mol. The molecule has 5 aromatic rings. The van der Waals surface area contributed by atoms with Gasteiger partial charge in [0.2, 0.25) is 5.88 Å². The number of ether oxygens (including phenoxy) is 4. The second kappa shape index (κ2) is 11.7. The number of nitriles is 1. The van der Waals surface area contributed by atoms with E-state index in [1.807, 2.05) is 30.3 Å². The number of nitrogens with zero attached hydrogens (tertiary/aromatic N) is 1. The lowest BCUT2D eigenvalue weighted by Crippen LogP contribution is -2.21. The Morgan fingerprint density at radius 2 is 1.86 bits per heavy atom. The first kappa shape index (κ1) is 28.1. The summed E-state index contributed by atoms with van der Waals surface area (Å²) in [5.41, 5.74) is 8.55. The summed E-state index contributed by atoms with van der Waals surface area (Å²) in [6.45, 7) is 0.209. The second-order valence-corrected chi connectivity index (χ2v) is 11.0. The third-order valence-electron chi connectivity index (χ3n) is 6.95. The molecule has 1 aliphatic rings. The smallest absolute Gasteiger partial charge is 0.355 e. The largest absolute Gasteiger partial charge is 0.493 e. The molecule has 214 valence electrons. The number of halogens is 2. The Balaban J connectivity index is 1.28. The number of benzene rings is 4. The molecule has 0 radical (unpaired) electrons. The van der Waals surface area contributed by atoms with Gasteiger partial charge in [-0.05, 0) is 47.5 Å². The van der Waals surface area contributed by atoms with Gasteiger partial charge in [0.1, 0.15) is 40.4 Å². The molecule has 1 aliphatic heterocycles. The number of esters is 1. The SMILES string of the molecule is COc1cc(C2C(C#N)=C(N)Oc3cc(OC(=O)c4sc5ccccc5c4Cl)ccc32)ccc1OCc1ccc(F)cc1. The predicted molar refractivity (Wildman–Crippen MR) is 161 cm³/mol. The predicted octanol–water partition coefficient (Wildman–Crippen LogP) is 7.72. The van der Waals surface area contributed by atoms with Gasteiger partial charge in [0.25, 0.3) is 0 Å². The van der Waals surface area contributed by atoms with E-state index in [9.17, 15) is 14.4 Å². The van der Waals surface area contributed by atoms with E-state index in [1.54, 1.807) is 42.5 Å². The van der Waals surface area contributed by atoms with Crippen LogP contribution in [0.25, 0.3) is 10.1 Å². The van der Waals surface area contributed by atoms with Crippen LogP contribution in [0.2, 0.25) is 5.02 Å². The van der Waals surface area contributed by atoms with Crippen molar-refractivity contribution in [3.05, 3.63) is 129 Å². The van der Waals surface area contributed by atoms with Crippen LogP contribution in [0.4, 0.5) is 4.39 Å². The Bertz CT molecular complexity index is 1950. The van der Waals surface area contributed by atoms with E-state index in [1.165, 1.54) is 30.6 Å². The number of allylic oxidation sites excluding steroid dienone is 1. The van der Waals surface area contributed by atoms with E-state index in [0.717, 1.165) is 15.6 Å². The minimum Gasteiger partial charge on any atom is -0.493 e. The topological polar surface area (TPSA) is 104 Å². The van der Waals surface area contributed by atoms with E-state index in [0.29, 0.717) is 38.3 Å². The van der Waals surface area contributed by atoms with Gasteiger partial charge < -0.3 is 24.7 Å². The summed E-state index contributed by atoms with van der Waals surface area (Å²) in [6.07, 6.45) is 0. The van der Waals surface area contributed by atoms with E-state index < -0.39 is 11.9 Å². The highest BCUT2D eigenvalue weighted by Gasteiger charge is 2.32. The quantitative estimate of drug-likeness (QED) is 0.148. The molecule has 7 nitrogen and oxygen atoms in total. The molecule has 0 aliphatic carbocycles. The zero-order valence-electron chi connectivity index (χ0n) is 22.6. The van der Waals surface area contributed by atoms with Crippen molar-refractivity contribution < 1.29 is 28.1 Å². The number of methoxy groups -OCH3 is 1. The molecule has 1 aromatic heterocycles. The number of hydrogen-bond donors (Lipinski definition) is 1. The highest BCUT2D eigenvalue weighted by Crippen LogP contribution is 2.45. The maximum absolute atomic E-state index is 13.3. The maximum Gasteiger partial charge on any atom is 0.355 e. The molecule has 0 spiro atoms. The number of hydrogen-bond acceptors (Lipinski definition) is 8. The van der Waals surface area contributed by atoms with Crippen molar-refractivity contribution in [2.75, 3.05) is 7.11 Å². The molecule has 0 bridgehead atoms. The number of thiophene rings is 1. The molecule has 2 N–H and O–H groups in total. The summed E-state index contributed by atoms with van der Waals surface area (Å²) in [5.74, 6) is -0.0946. The molecule has 1 atom stereocenters. The van der Waals surface area contributed by atoms with Gasteiger partial charge in [-0.25, -0.2) is 9.18 Å². The van der Waals surface area contributed by atoms with Crippen molar-refractivity contribution in [2.45, 2.75) is 12.5 Å². The first-order valence-electron chi connectivity index (χ1n) is 13.0. The first-order chi connectivity index (χ1) is 20.9. The van der Waals surface area contributed by atoms with E-state index in [2.05, 4.69) is 6.07 Å². The standard InChI is InChI=1S/C33H22ClFN2O5S/c1-39-27-14-19(8-13-25(27)40-17-18-6-9-20(35)10-7-18)29-22-12-11-21(15-26(22)42-32(37)24(29)16-36)41-33(38)31-30(34)23-4-2-3-5-28(23)43-31/h2-15,29H,17,37H2,1H3. The Kier molecular flexibility index (Phi) is 7.63. The summed E-state index contributed by atoms with van der Waals surface area (Å²) < 4.78 is 37.1. The molecule has 0 fully saturated rings. The summed E-state index contributed by atoms with van der Waals surface area (Å²) >= 11 is 7.71. The van der Waals surface area contributed by atoms with E-state index in [-0.39, 0.29) is 29.6 Å². The molecule has 43 heavy (non-hydrogen) atoms. The fourth-order valence-corrected chi connectivity index (χ4v) is 6.25. The molecule has 2 heterocycles. The highest BCUT2D eigenvalue weighted by molar-refractivity contribution is 7.21. The molecule has 4 aromatic carbocycles. The lowest BCUT2D eigenvalue weighted by molar-refractivity contribution is 0.0740. The van der Waals surface area contributed by atoms with Gasteiger partial charge in [-0.1, -0.05) is 54.1 Å². The fourth-order valence-electron chi connectivity index (χ4n) is 4.87. The number of carbonyl (C=O) groups excluding carboxylic acids is 1. The van der Waals surface area contributed by atoms with Gasteiger partial charge in [-0.15, -0.1) is 11.3 Å². The number of carbonyl (C=O) groups is 1. The Morgan fingerprint density at radius 1 is 1.07 bits per heavy atom. The summed E-state index contributed by atoms with van der Waals surface area (Å²) in [4.78, 5) is 13.3. The molecule has 6 rings (SSSR count). The summed E-state index contributed by atoms with van der Waals surface area (Å²) in [5, 5.41) is 11.1. The number of nitrogens with two attached hydrogens (primary N) is 1. The van der Waals surface area contributed by atoms with Gasteiger partial charge in [-0.2, -0.15) is 5.26 Å². The average molecular weight is 613 g/mol. The normalized spacial score (nSPS) is 14.0. The second-order valence-electron chi connectivity index (χ2n) is 9.58. The van der Waals surface area contributed by atoms with Crippen LogP contribution in [0, 0.1) is 17.1 Å². The molecular formula is C33H22ClFN2O5S. The van der Waals surface area contributed by atoms with Crippen LogP contribution in [-0.4, -0.2) is 13.1 Å². The van der Waals surface area contributed by atoms with Crippen LogP contribution in [0.15, 0.2) is 96.4 Å². The lowest BCUT2D eigenvalue weighted by Gasteiger charge is -2.27. The van der Waals surface area contributed by atoms with Gasteiger partial charge >= 0.3 is 5.97 Å². The Morgan fingerprint density at radius 3 is 2.60 bits per heavy atom.